The highest BCUT2D eigenvalue weighted by Crippen LogP contribution is 2.15. The molecular weight excluding hydrogens is 214 g/mol. The normalized spacial score (nSPS) is 23.9. The van der Waals surface area contributed by atoms with Crippen LogP contribution in [0.4, 0.5) is 0 Å². The summed E-state index contributed by atoms with van der Waals surface area (Å²) in [5.41, 5.74) is -0.0440. The topological polar surface area (TPSA) is 30.5 Å². The van der Waals surface area contributed by atoms with Crippen LogP contribution in [0.15, 0.2) is 0 Å². The summed E-state index contributed by atoms with van der Waals surface area (Å²) in [5.74, 6) is 6.18. The smallest absolute Gasteiger partial charge is 0.107 e. The second-order valence-electron chi connectivity index (χ2n) is 6.20. The molecular formula is C14H25NO2. The molecule has 1 unspecified atom stereocenters. The van der Waals surface area contributed by atoms with Gasteiger partial charge in [-0.3, -0.25) is 0 Å². The van der Waals surface area contributed by atoms with Crippen LogP contribution in [0, 0.1) is 17.3 Å². The van der Waals surface area contributed by atoms with Crippen LogP contribution in [-0.4, -0.2) is 38.0 Å². The predicted molar refractivity (Wildman–Crippen MR) is 69.9 cm³/mol. The Bertz CT molecular complexity index is 294. The van der Waals surface area contributed by atoms with Gasteiger partial charge in [0.1, 0.15) is 6.61 Å². The maximum absolute atomic E-state index is 5.89. The molecule has 0 aliphatic carbocycles. The maximum Gasteiger partial charge on any atom is 0.107 e. The highest BCUT2D eigenvalue weighted by atomic mass is 16.5. The molecule has 1 N–H and O–H groups in total. The first-order valence-corrected chi connectivity index (χ1v) is 6.25. The maximum atomic E-state index is 5.89. The van der Waals surface area contributed by atoms with Crippen molar-refractivity contribution in [2.45, 2.75) is 46.3 Å². The lowest BCUT2D eigenvalue weighted by molar-refractivity contribution is -0.117. The van der Waals surface area contributed by atoms with Gasteiger partial charge in [-0.2, -0.15) is 0 Å². The van der Waals surface area contributed by atoms with E-state index in [-0.39, 0.29) is 17.1 Å². The minimum Gasteiger partial charge on any atom is -0.367 e. The molecule has 0 spiro atoms. The highest BCUT2D eigenvalue weighted by Gasteiger charge is 2.28. The van der Waals surface area contributed by atoms with Crippen LogP contribution in [-0.2, 0) is 9.47 Å². The number of ether oxygens (including phenoxy) is 2. The standard InChI is InChI=1S/C14H25NO2/c1-13(2,3)7-6-8-16-10-12-9-15-11-14(4,5)17-12/h12,15H,8-11H2,1-5H3. The van der Waals surface area contributed by atoms with Crippen molar-refractivity contribution in [3.8, 4) is 11.8 Å². The van der Waals surface area contributed by atoms with Crippen molar-refractivity contribution in [1.29, 1.82) is 0 Å². The molecule has 1 atom stereocenters. The first-order valence-electron chi connectivity index (χ1n) is 6.25. The monoisotopic (exact) mass is 239 g/mol. The molecule has 0 bridgehead atoms. The van der Waals surface area contributed by atoms with Crippen molar-refractivity contribution >= 4 is 0 Å². The van der Waals surface area contributed by atoms with E-state index >= 15 is 0 Å². The van der Waals surface area contributed by atoms with Crippen molar-refractivity contribution in [1.82, 2.24) is 5.32 Å². The van der Waals surface area contributed by atoms with Crippen LogP contribution in [0.1, 0.15) is 34.6 Å². The minimum absolute atomic E-state index is 0.0498. The fraction of sp³-hybridized carbons (Fsp3) is 0.857. The third kappa shape index (κ3) is 6.68. The summed E-state index contributed by atoms with van der Waals surface area (Å²) in [7, 11) is 0. The largest absolute Gasteiger partial charge is 0.367 e. The van der Waals surface area contributed by atoms with E-state index in [1.807, 2.05) is 0 Å². The van der Waals surface area contributed by atoms with Gasteiger partial charge in [-0.25, -0.2) is 0 Å². The molecule has 3 heteroatoms. The van der Waals surface area contributed by atoms with Crippen molar-refractivity contribution < 1.29 is 9.47 Å². The van der Waals surface area contributed by atoms with Gasteiger partial charge in [0, 0.05) is 18.5 Å². The summed E-state index contributed by atoms with van der Waals surface area (Å²) in [6, 6.07) is 0. The molecule has 17 heavy (non-hydrogen) atoms. The van der Waals surface area contributed by atoms with Crippen LogP contribution >= 0.6 is 0 Å². The fourth-order valence-electron chi connectivity index (χ4n) is 1.70. The Morgan fingerprint density at radius 2 is 2.12 bits per heavy atom. The zero-order valence-electron chi connectivity index (χ0n) is 11.7. The summed E-state index contributed by atoms with van der Waals surface area (Å²) >= 11 is 0. The fourth-order valence-corrected chi connectivity index (χ4v) is 1.70. The van der Waals surface area contributed by atoms with Crippen LogP contribution < -0.4 is 5.32 Å². The summed E-state index contributed by atoms with van der Waals surface area (Å²) in [6.45, 7) is 13.3. The third-order valence-electron chi connectivity index (χ3n) is 2.35. The zero-order valence-corrected chi connectivity index (χ0v) is 11.7. The van der Waals surface area contributed by atoms with Crippen molar-refractivity contribution in [3.05, 3.63) is 0 Å². The van der Waals surface area contributed by atoms with Crippen LogP contribution in [0.25, 0.3) is 0 Å². The average molecular weight is 239 g/mol. The third-order valence-corrected chi connectivity index (χ3v) is 2.35. The lowest BCUT2D eigenvalue weighted by Gasteiger charge is -2.36. The number of morpholine rings is 1. The van der Waals surface area contributed by atoms with Gasteiger partial charge in [-0.15, -0.1) is 0 Å². The molecule has 1 aliphatic rings. The quantitative estimate of drug-likeness (QED) is 0.602. The summed E-state index contributed by atoms with van der Waals surface area (Å²) < 4.78 is 11.4. The molecule has 1 rings (SSSR count). The van der Waals surface area contributed by atoms with Gasteiger partial charge in [0.25, 0.3) is 0 Å². The summed E-state index contributed by atoms with van der Waals surface area (Å²) in [6.07, 6.45) is 0.134. The van der Waals surface area contributed by atoms with E-state index in [0.717, 1.165) is 13.1 Å². The van der Waals surface area contributed by atoms with Gasteiger partial charge in [-0.1, -0.05) is 11.8 Å². The molecule has 0 aromatic rings. The Balaban J connectivity index is 2.20. The van der Waals surface area contributed by atoms with Crippen molar-refractivity contribution in [2.75, 3.05) is 26.3 Å². The van der Waals surface area contributed by atoms with E-state index in [4.69, 9.17) is 9.47 Å². The van der Waals surface area contributed by atoms with E-state index in [2.05, 4.69) is 51.8 Å². The lowest BCUT2D eigenvalue weighted by atomic mass is 9.98. The van der Waals surface area contributed by atoms with Gasteiger partial charge in [0.05, 0.1) is 18.3 Å². The lowest BCUT2D eigenvalue weighted by Crippen LogP contribution is -2.51. The molecule has 0 saturated carbocycles. The molecule has 1 aliphatic heterocycles. The number of nitrogens with one attached hydrogen (secondary N) is 1. The minimum atomic E-state index is -0.0939. The molecule has 0 aromatic heterocycles. The molecule has 0 aromatic carbocycles. The first-order chi connectivity index (χ1) is 7.79. The van der Waals surface area contributed by atoms with E-state index in [1.165, 1.54) is 0 Å². The van der Waals surface area contributed by atoms with Crippen LogP contribution in [0.2, 0.25) is 0 Å². The van der Waals surface area contributed by atoms with E-state index in [9.17, 15) is 0 Å². The Hall–Kier alpha value is -0.560. The Morgan fingerprint density at radius 3 is 2.71 bits per heavy atom. The van der Waals surface area contributed by atoms with Crippen LogP contribution in [0.5, 0.6) is 0 Å². The van der Waals surface area contributed by atoms with E-state index < -0.39 is 0 Å². The second kappa shape index (κ2) is 5.86. The predicted octanol–water partition coefficient (Wildman–Crippen LogP) is 1.82. The van der Waals surface area contributed by atoms with Crippen LogP contribution in [0.3, 0.4) is 0 Å². The Kier molecular flexibility index (Phi) is 5.00. The molecule has 0 amide bonds. The SMILES string of the molecule is CC(C)(C)C#CCOCC1CNCC(C)(C)O1. The van der Waals surface area contributed by atoms with Crippen molar-refractivity contribution in [2.24, 2.45) is 5.41 Å². The molecule has 1 fully saturated rings. The number of hydrogen-bond donors (Lipinski definition) is 1. The highest BCUT2D eigenvalue weighted by molar-refractivity contribution is 5.07. The molecule has 3 nitrogen and oxygen atoms in total. The average Bonchev–Trinajstić information content (AvgIpc) is 2.13. The van der Waals surface area contributed by atoms with Gasteiger partial charge in [0.15, 0.2) is 0 Å². The van der Waals surface area contributed by atoms with Gasteiger partial charge in [-0.05, 0) is 34.6 Å². The van der Waals surface area contributed by atoms with Gasteiger partial charge >= 0.3 is 0 Å². The molecule has 98 valence electrons. The van der Waals surface area contributed by atoms with Crippen molar-refractivity contribution in [3.63, 3.8) is 0 Å². The van der Waals surface area contributed by atoms with E-state index in [1.54, 1.807) is 0 Å². The Morgan fingerprint density at radius 1 is 1.41 bits per heavy atom. The molecule has 1 saturated heterocycles. The van der Waals surface area contributed by atoms with Gasteiger partial charge in [0.2, 0.25) is 0 Å². The number of hydrogen-bond acceptors (Lipinski definition) is 3. The first kappa shape index (κ1) is 14.5. The number of rotatable bonds is 3. The molecule has 0 radical (unpaired) electrons. The zero-order chi connectivity index (χ0) is 12.9. The molecule has 1 heterocycles. The second-order valence-corrected chi connectivity index (χ2v) is 6.20. The van der Waals surface area contributed by atoms with E-state index in [0.29, 0.717) is 13.2 Å². The van der Waals surface area contributed by atoms with Gasteiger partial charge < -0.3 is 14.8 Å². The summed E-state index contributed by atoms with van der Waals surface area (Å²) in [5, 5.41) is 3.35. The Labute approximate surface area is 105 Å². The summed E-state index contributed by atoms with van der Waals surface area (Å²) in [4.78, 5) is 0.